The number of benzene rings is 1. The van der Waals surface area contributed by atoms with E-state index in [-0.39, 0.29) is 20.3 Å². The van der Waals surface area contributed by atoms with Gasteiger partial charge in [0.1, 0.15) is 0 Å². The number of allylic oxidation sites excluding steroid dienone is 4. The van der Waals surface area contributed by atoms with Gasteiger partial charge in [-0.2, -0.15) is 0 Å². The van der Waals surface area contributed by atoms with Crippen LogP contribution >= 0.6 is 15.9 Å². The first-order valence-electron chi connectivity index (χ1n) is 9.07. The van der Waals surface area contributed by atoms with Crippen LogP contribution in [0.2, 0.25) is 12.1 Å². The topological polar surface area (TPSA) is 49.7 Å². The Morgan fingerprint density at radius 3 is 2.59 bits per heavy atom. The molecule has 1 N–H and O–H groups in total. The molecule has 2 heterocycles. The SMILES string of the molecule is CC[Si]1(CC)C2=CC(=O)C=CC2=Nc2ccc(O)c(-c3cc(Br)c(C)[se]3)c21. The Morgan fingerprint density at radius 1 is 1.22 bits per heavy atom. The maximum atomic E-state index is 12.2. The zero-order valence-corrected chi connectivity index (χ0v) is 19.8. The van der Waals surface area contributed by atoms with E-state index >= 15 is 0 Å². The third-order valence-electron chi connectivity index (χ3n) is 5.68. The molecular weight excluding hydrogens is 485 g/mol. The van der Waals surface area contributed by atoms with Crippen molar-refractivity contribution < 1.29 is 9.90 Å². The van der Waals surface area contributed by atoms with Crippen molar-refractivity contribution in [2.75, 3.05) is 0 Å². The van der Waals surface area contributed by atoms with E-state index in [2.05, 4.69) is 42.8 Å². The molecule has 27 heavy (non-hydrogen) atoms. The van der Waals surface area contributed by atoms with Crippen LogP contribution < -0.4 is 5.19 Å². The molecule has 4 rings (SSSR count). The Hall–Kier alpha value is -1.46. The molecule has 0 spiro atoms. The second kappa shape index (κ2) is 6.85. The maximum absolute atomic E-state index is 12.2. The van der Waals surface area contributed by atoms with E-state index in [4.69, 9.17) is 4.99 Å². The predicted molar refractivity (Wildman–Crippen MR) is 119 cm³/mol. The normalized spacial score (nSPS) is 17.3. The molecule has 2 aliphatic rings. The van der Waals surface area contributed by atoms with Crippen molar-refractivity contribution in [1.29, 1.82) is 0 Å². The number of aromatic hydroxyl groups is 1. The van der Waals surface area contributed by atoms with E-state index in [1.54, 1.807) is 18.2 Å². The number of hydrogen-bond acceptors (Lipinski definition) is 3. The first-order chi connectivity index (χ1) is 12.9. The fraction of sp³-hybridized carbons (Fsp3) is 0.238. The number of rotatable bonds is 3. The number of phenols is 1. The van der Waals surface area contributed by atoms with Crippen LogP contribution in [0.1, 0.15) is 18.3 Å². The van der Waals surface area contributed by atoms with Gasteiger partial charge in [0, 0.05) is 0 Å². The summed E-state index contributed by atoms with van der Waals surface area (Å²) in [6.45, 7) is 6.56. The van der Waals surface area contributed by atoms with E-state index in [1.807, 2.05) is 12.1 Å². The van der Waals surface area contributed by atoms with E-state index in [9.17, 15) is 9.90 Å². The molecule has 6 heteroatoms. The van der Waals surface area contributed by atoms with Gasteiger partial charge in [-0.3, -0.25) is 0 Å². The van der Waals surface area contributed by atoms with Crippen molar-refractivity contribution in [3.63, 3.8) is 0 Å². The van der Waals surface area contributed by atoms with E-state index in [0.717, 1.165) is 38.7 Å². The van der Waals surface area contributed by atoms with E-state index < -0.39 is 8.07 Å². The summed E-state index contributed by atoms with van der Waals surface area (Å²) in [5.41, 5.74) is 2.85. The molecule has 0 fully saturated rings. The van der Waals surface area contributed by atoms with Gasteiger partial charge in [-0.1, -0.05) is 0 Å². The molecule has 2 aromatic rings. The molecule has 1 aromatic heterocycles. The van der Waals surface area contributed by atoms with Gasteiger partial charge in [-0.05, 0) is 0 Å². The number of phenolic OH excluding ortho intramolecular Hbond substituents is 1. The summed E-state index contributed by atoms with van der Waals surface area (Å²) in [4.78, 5) is 17.1. The average Bonchev–Trinajstić information content (AvgIpc) is 2.99. The van der Waals surface area contributed by atoms with Gasteiger partial charge in [-0.25, -0.2) is 0 Å². The van der Waals surface area contributed by atoms with Gasteiger partial charge in [0.05, 0.1) is 0 Å². The van der Waals surface area contributed by atoms with Crippen LogP contribution in [-0.2, 0) is 4.79 Å². The fourth-order valence-electron chi connectivity index (χ4n) is 4.24. The van der Waals surface area contributed by atoms with Gasteiger partial charge in [0.25, 0.3) is 0 Å². The molecule has 0 bridgehead atoms. The second-order valence-corrected chi connectivity index (χ2v) is 15.1. The van der Waals surface area contributed by atoms with Gasteiger partial charge in [0.2, 0.25) is 0 Å². The zero-order chi connectivity index (χ0) is 19.3. The van der Waals surface area contributed by atoms with Crippen molar-refractivity contribution in [3.05, 3.63) is 50.5 Å². The summed E-state index contributed by atoms with van der Waals surface area (Å²) in [7, 11) is -2.21. The Bertz CT molecular complexity index is 1040. The number of aliphatic imine (C=N–C) groups is 1. The number of hydrogen-bond donors (Lipinski definition) is 1. The summed E-state index contributed by atoms with van der Waals surface area (Å²) in [6.07, 6.45) is 5.26. The number of fused-ring (bicyclic) bond motifs is 2. The fourth-order valence-corrected chi connectivity index (χ4v) is 12.1. The average molecular weight is 505 g/mol. The summed E-state index contributed by atoms with van der Waals surface area (Å²) in [6, 6.07) is 7.81. The molecule has 1 aromatic carbocycles. The quantitative estimate of drug-likeness (QED) is 0.491. The Morgan fingerprint density at radius 2 is 1.96 bits per heavy atom. The first-order valence-corrected chi connectivity index (χ1v) is 14.0. The third kappa shape index (κ3) is 2.81. The van der Waals surface area contributed by atoms with Gasteiger partial charge in [-0.15, -0.1) is 0 Å². The van der Waals surface area contributed by atoms with Crippen LogP contribution in [0.25, 0.3) is 10.0 Å². The molecule has 1 aliphatic carbocycles. The number of nitrogens with zero attached hydrogens (tertiary/aromatic N) is 1. The number of ketones is 1. The van der Waals surface area contributed by atoms with Gasteiger partial charge < -0.3 is 0 Å². The van der Waals surface area contributed by atoms with Crippen LogP contribution in [0.5, 0.6) is 5.75 Å². The first kappa shape index (κ1) is 18.9. The van der Waals surface area contributed by atoms with Crippen molar-refractivity contribution in [2.24, 2.45) is 4.99 Å². The Balaban J connectivity index is 2.11. The molecule has 138 valence electrons. The number of aryl methyl sites for hydroxylation is 1. The summed E-state index contributed by atoms with van der Waals surface area (Å²) in [5, 5.41) is 13.2. The summed E-state index contributed by atoms with van der Waals surface area (Å²) in [5.74, 6) is 0.366. The summed E-state index contributed by atoms with van der Waals surface area (Å²) >= 11 is 3.82. The molecule has 0 radical (unpaired) electrons. The minimum absolute atomic E-state index is 0.0393. The third-order valence-corrected chi connectivity index (χ3v) is 14.6. The molecule has 0 saturated carbocycles. The zero-order valence-electron chi connectivity index (χ0n) is 15.5. The van der Waals surface area contributed by atoms with Crippen LogP contribution in [-0.4, -0.2) is 39.2 Å². The standard InChI is InChI=1S/C21H20BrNO2SeSi/c1-4-27(5-2)19-10-13(24)6-7-15(19)23-16-8-9-17(25)20(21(16)27)18-11-14(22)12(3)26-18/h6-11,25H,4-5H2,1-3H3. The molecular formula is C21H20BrNO2SeSi. The monoisotopic (exact) mass is 505 g/mol. The molecule has 0 atom stereocenters. The van der Waals surface area contributed by atoms with Gasteiger partial charge >= 0.3 is 175 Å². The van der Waals surface area contributed by atoms with Crippen molar-refractivity contribution in [1.82, 2.24) is 0 Å². The molecule has 0 unspecified atom stereocenters. The Labute approximate surface area is 174 Å². The Kier molecular flexibility index (Phi) is 4.79. The van der Waals surface area contributed by atoms with Crippen LogP contribution in [0.3, 0.4) is 0 Å². The van der Waals surface area contributed by atoms with Crippen LogP contribution in [0.15, 0.2) is 51.1 Å². The van der Waals surface area contributed by atoms with E-state index in [0.29, 0.717) is 5.75 Å². The molecule has 3 nitrogen and oxygen atoms in total. The summed E-state index contributed by atoms with van der Waals surface area (Å²) < 4.78 is 3.63. The number of halogens is 1. The number of carbonyl (C=O) groups is 1. The predicted octanol–water partition coefficient (Wildman–Crippen LogP) is 4.57. The van der Waals surface area contributed by atoms with E-state index in [1.165, 1.54) is 14.1 Å². The van der Waals surface area contributed by atoms with Gasteiger partial charge in [0.15, 0.2) is 0 Å². The minimum atomic E-state index is -2.21. The molecule has 0 amide bonds. The van der Waals surface area contributed by atoms with Crippen molar-refractivity contribution in [3.8, 4) is 15.8 Å². The molecule has 1 aliphatic heterocycles. The van der Waals surface area contributed by atoms with Crippen LogP contribution in [0.4, 0.5) is 5.69 Å². The van der Waals surface area contributed by atoms with Crippen molar-refractivity contribution >= 4 is 60.9 Å². The van der Waals surface area contributed by atoms with Crippen molar-refractivity contribution in [2.45, 2.75) is 32.9 Å². The number of carbonyl (C=O) groups excluding carboxylic acids is 1. The second-order valence-electron chi connectivity index (χ2n) is 6.95. The molecule has 0 saturated heterocycles. The van der Waals surface area contributed by atoms with Crippen LogP contribution in [0, 0.1) is 6.92 Å².